The van der Waals surface area contributed by atoms with E-state index in [2.05, 4.69) is 68.4 Å². The third-order valence-electron chi connectivity index (χ3n) is 4.54. The SMILES string of the molecule is CN(C)c1cnc2cccc(C(c3ccccc3)c3cnc[nH]3)c2c1. The first kappa shape index (κ1) is 15.4. The Bertz CT molecular complexity index is 975. The van der Waals surface area contributed by atoms with Crippen molar-refractivity contribution in [1.29, 1.82) is 0 Å². The fraction of sp³-hybridized carbons (Fsp3) is 0.143. The van der Waals surface area contributed by atoms with Crippen molar-refractivity contribution < 1.29 is 0 Å². The van der Waals surface area contributed by atoms with Crippen molar-refractivity contribution in [3.8, 4) is 0 Å². The Hall–Kier alpha value is -3.14. The van der Waals surface area contributed by atoms with E-state index in [1.54, 1.807) is 6.33 Å². The number of pyridine rings is 1. The van der Waals surface area contributed by atoms with Gasteiger partial charge in [-0.15, -0.1) is 0 Å². The lowest BCUT2D eigenvalue weighted by Gasteiger charge is -2.20. The van der Waals surface area contributed by atoms with E-state index in [1.807, 2.05) is 32.6 Å². The molecule has 2 aromatic heterocycles. The topological polar surface area (TPSA) is 44.8 Å². The van der Waals surface area contributed by atoms with Crippen molar-refractivity contribution in [2.75, 3.05) is 19.0 Å². The number of H-pyrrole nitrogens is 1. The van der Waals surface area contributed by atoms with Crippen molar-refractivity contribution in [1.82, 2.24) is 15.0 Å². The Morgan fingerprint density at radius 2 is 1.80 bits per heavy atom. The van der Waals surface area contributed by atoms with Gasteiger partial charge in [0.2, 0.25) is 0 Å². The predicted octanol–water partition coefficient (Wildman–Crippen LogP) is 4.20. The van der Waals surface area contributed by atoms with Gasteiger partial charge in [0.15, 0.2) is 0 Å². The normalized spacial score (nSPS) is 12.2. The lowest BCUT2D eigenvalue weighted by atomic mass is 9.86. The number of fused-ring (bicyclic) bond motifs is 1. The predicted molar refractivity (Wildman–Crippen MR) is 102 cm³/mol. The van der Waals surface area contributed by atoms with Crippen LogP contribution in [-0.2, 0) is 0 Å². The van der Waals surface area contributed by atoms with Gasteiger partial charge in [-0.05, 0) is 23.3 Å². The maximum atomic E-state index is 4.65. The third kappa shape index (κ3) is 2.87. The summed E-state index contributed by atoms with van der Waals surface area (Å²) in [4.78, 5) is 14.3. The molecule has 0 amide bonds. The average molecular weight is 328 g/mol. The lowest BCUT2D eigenvalue weighted by molar-refractivity contribution is 0.941. The van der Waals surface area contributed by atoms with Crippen LogP contribution in [0.4, 0.5) is 5.69 Å². The largest absolute Gasteiger partial charge is 0.376 e. The Morgan fingerprint density at radius 1 is 0.960 bits per heavy atom. The molecule has 1 unspecified atom stereocenters. The smallest absolute Gasteiger partial charge is 0.0922 e. The fourth-order valence-electron chi connectivity index (χ4n) is 3.25. The molecule has 4 nitrogen and oxygen atoms in total. The Labute approximate surface area is 147 Å². The molecule has 1 atom stereocenters. The molecule has 4 rings (SSSR count). The van der Waals surface area contributed by atoms with E-state index in [1.165, 1.54) is 11.1 Å². The quantitative estimate of drug-likeness (QED) is 0.610. The molecule has 0 saturated heterocycles. The monoisotopic (exact) mass is 328 g/mol. The molecule has 0 aliphatic carbocycles. The first-order valence-corrected chi connectivity index (χ1v) is 8.33. The first-order chi connectivity index (χ1) is 12.2. The van der Waals surface area contributed by atoms with Crippen molar-refractivity contribution in [3.63, 3.8) is 0 Å². The van der Waals surface area contributed by atoms with E-state index in [0.29, 0.717) is 0 Å². The van der Waals surface area contributed by atoms with E-state index >= 15 is 0 Å². The number of benzene rings is 2. The molecule has 2 heterocycles. The van der Waals surface area contributed by atoms with Crippen LogP contribution < -0.4 is 4.90 Å². The molecule has 0 aliphatic heterocycles. The van der Waals surface area contributed by atoms with E-state index in [9.17, 15) is 0 Å². The fourth-order valence-corrected chi connectivity index (χ4v) is 3.25. The molecule has 4 aromatic rings. The number of aromatic nitrogens is 3. The van der Waals surface area contributed by atoms with Crippen LogP contribution in [0.15, 0.2) is 73.3 Å². The van der Waals surface area contributed by atoms with Gasteiger partial charge in [0.1, 0.15) is 0 Å². The second-order valence-electron chi connectivity index (χ2n) is 6.35. The van der Waals surface area contributed by atoms with Crippen LogP contribution in [0.25, 0.3) is 10.9 Å². The molecule has 2 aromatic carbocycles. The molecule has 0 bridgehead atoms. The van der Waals surface area contributed by atoms with Gasteiger partial charge >= 0.3 is 0 Å². The van der Waals surface area contributed by atoms with Gasteiger partial charge in [0, 0.05) is 31.4 Å². The summed E-state index contributed by atoms with van der Waals surface area (Å²) in [6, 6.07) is 19.1. The summed E-state index contributed by atoms with van der Waals surface area (Å²) in [6.07, 6.45) is 5.56. The van der Waals surface area contributed by atoms with Gasteiger partial charge in [0.25, 0.3) is 0 Å². The number of nitrogens with one attached hydrogen (secondary N) is 1. The second kappa shape index (κ2) is 6.40. The minimum Gasteiger partial charge on any atom is -0.376 e. The standard InChI is InChI=1S/C21H20N4/c1-25(2)16-11-18-17(9-6-10-19(18)23-12-16)21(20-13-22-14-24-20)15-7-4-3-5-8-15/h3-14,21H,1-2H3,(H,22,24). The number of aromatic amines is 1. The summed E-state index contributed by atoms with van der Waals surface area (Å²) >= 11 is 0. The summed E-state index contributed by atoms with van der Waals surface area (Å²) < 4.78 is 0. The number of nitrogens with zero attached hydrogens (tertiary/aromatic N) is 3. The molecule has 0 aliphatic rings. The summed E-state index contributed by atoms with van der Waals surface area (Å²) in [6.45, 7) is 0. The zero-order valence-electron chi connectivity index (χ0n) is 14.3. The zero-order valence-corrected chi connectivity index (χ0v) is 14.3. The maximum Gasteiger partial charge on any atom is 0.0922 e. The van der Waals surface area contributed by atoms with Gasteiger partial charge in [-0.25, -0.2) is 4.98 Å². The van der Waals surface area contributed by atoms with Gasteiger partial charge in [-0.1, -0.05) is 42.5 Å². The van der Waals surface area contributed by atoms with Crippen LogP contribution in [-0.4, -0.2) is 29.0 Å². The molecule has 1 N–H and O–H groups in total. The molecule has 25 heavy (non-hydrogen) atoms. The Morgan fingerprint density at radius 3 is 2.52 bits per heavy atom. The third-order valence-corrected chi connectivity index (χ3v) is 4.54. The number of anilines is 1. The van der Waals surface area contributed by atoms with Gasteiger partial charge in [-0.3, -0.25) is 4.98 Å². The van der Waals surface area contributed by atoms with Crippen LogP contribution in [0.3, 0.4) is 0 Å². The van der Waals surface area contributed by atoms with Crippen LogP contribution in [0.2, 0.25) is 0 Å². The average Bonchev–Trinajstić information content (AvgIpc) is 3.17. The minimum absolute atomic E-state index is 0.0895. The van der Waals surface area contributed by atoms with Crippen molar-refractivity contribution in [3.05, 3.63) is 90.1 Å². The summed E-state index contributed by atoms with van der Waals surface area (Å²) in [5.74, 6) is 0.0895. The zero-order chi connectivity index (χ0) is 17.2. The van der Waals surface area contributed by atoms with E-state index in [-0.39, 0.29) is 5.92 Å². The van der Waals surface area contributed by atoms with Crippen LogP contribution in [0.5, 0.6) is 0 Å². The Balaban J connectivity index is 1.97. The molecule has 4 heteroatoms. The van der Waals surface area contributed by atoms with Gasteiger partial charge < -0.3 is 9.88 Å². The molecule has 0 radical (unpaired) electrons. The molecule has 124 valence electrons. The highest BCUT2D eigenvalue weighted by Crippen LogP contribution is 2.35. The number of imidazole rings is 1. The summed E-state index contributed by atoms with van der Waals surface area (Å²) in [5, 5.41) is 1.16. The number of hydrogen-bond acceptors (Lipinski definition) is 3. The molecular formula is C21H20N4. The highest BCUT2D eigenvalue weighted by molar-refractivity contribution is 5.86. The maximum absolute atomic E-state index is 4.65. The summed E-state index contributed by atoms with van der Waals surface area (Å²) in [5.41, 5.74) is 5.63. The highest BCUT2D eigenvalue weighted by Gasteiger charge is 2.20. The van der Waals surface area contributed by atoms with E-state index in [0.717, 1.165) is 22.3 Å². The molecule has 0 fully saturated rings. The van der Waals surface area contributed by atoms with Crippen molar-refractivity contribution in [2.45, 2.75) is 5.92 Å². The second-order valence-corrected chi connectivity index (χ2v) is 6.35. The molecule has 0 spiro atoms. The van der Waals surface area contributed by atoms with E-state index < -0.39 is 0 Å². The van der Waals surface area contributed by atoms with Crippen molar-refractivity contribution >= 4 is 16.6 Å². The van der Waals surface area contributed by atoms with Crippen molar-refractivity contribution in [2.24, 2.45) is 0 Å². The first-order valence-electron chi connectivity index (χ1n) is 8.33. The summed E-state index contributed by atoms with van der Waals surface area (Å²) in [7, 11) is 4.07. The molecular weight excluding hydrogens is 308 g/mol. The number of rotatable bonds is 4. The molecule has 0 saturated carbocycles. The Kier molecular flexibility index (Phi) is 3.94. The van der Waals surface area contributed by atoms with Crippen LogP contribution in [0, 0.1) is 0 Å². The van der Waals surface area contributed by atoms with Gasteiger partial charge in [-0.2, -0.15) is 0 Å². The number of hydrogen-bond donors (Lipinski definition) is 1. The minimum atomic E-state index is 0.0895. The van der Waals surface area contributed by atoms with E-state index in [4.69, 9.17) is 0 Å². The van der Waals surface area contributed by atoms with Gasteiger partial charge in [0.05, 0.1) is 29.6 Å². The highest BCUT2D eigenvalue weighted by atomic mass is 15.1. The van der Waals surface area contributed by atoms with Crippen LogP contribution >= 0.6 is 0 Å². The lowest BCUT2D eigenvalue weighted by Crippen LogP contribution is -2.10. The van der Waals surface area contributed by atoms with Crippen LogP contribution in [0.1, 0.15) is 22.7 Å².